The molecule has 2 fully saturated rings. The number of benzene rings is 1. The highest BCUT2D eigenvalue weighted by Gasteiger charge is 2.40. The lowest BCUT2D eigenvalue weighted by Crippen LogP contribution is -2.47. The third-order valence-electron chi connectivity index (χ3n) is 7.78. The number of carbonyl (C=O) groups excluding carboxylic acids is 4. The first-order valence-corrected chi connectivity index (χ1v) is 12.3. The number of fused-ring (bicyclic) bond motifs is 1. The molecule has 4 unspecified atom stereocenters. The molecule has 3 amide bonds. The fourth-order valence-electron chi connectivity index (χ4n) is 5.43. The number of hydrogen-bond donors (Lipinski definition) is 1. The Hall–Kier alpha value is -2.70. The van der Waals surface area contributed by atoms with Gasteiger partial charge in [-0.3, -0.25) is 19.3 Å². The minimum atomic E-state index is -0.953. The van der Waals surface area contributed by atoms with Crippen LogP contribution in [0.3, 0.4) is 0 Å². The van der Waals surface area contributed by atoms with Crippen LogP contribution in [0.25, 0.3) is 0 Å². The molecule has 33 heavy (non-hydrogen) atoms. The van der Waals surface area contributed by atoms with Crippen molar-refractivity contribution < 1.29 is 23.9 Å². The summed E-state index contributed by atoms with van der Waals surface area (Å²) in [5.74, 6) is -0.708. The van der Waals surface area contributed by atoms with Crippen LogP contribution in [0.5, 0.6) is 0 Å². The summed E-state index contributed by atoms with van der Waals surface area (Å²) in [6.45, 7) is 5.89. The molecule has 0 saturated heterocycles. The molecule has 1 aliphatic heterocycles. The summed E-state index contributed by atoms with van der Waals surface area (Å²) in [5.41, 5.74) is 0.732. The molecule has 1 aromatic rings. The van der Waals surface area contributed by atoms with Crippen LogP contribution < -0.4 is 5.32 Å². The predicted octanol–water partition coefficient (Wildman–Crippen LogP) is 4.10. The van der Waals surface area contributed by atoms with Crippen molar-refractivity contribution in [2.75, 3.05) is 0 Å². The minimum Gasteiger partial charge on any atom is -0.449 e. The fraction of sp³-hybridized carbons (Fsp3) is 0.615. The molecule has 1 N–H and O–H groups in total. The van der Waals surface area contributed by atoms with Gasteiger partial charge in [-0.25, -0.2) is 4.79 Å². The Balaban J connectivity index is 1.41. The summed E-state index contributed by atoms with van der Waals surface area (Å²) in [5, 5.41) is 3.03. The predicted molar refractivity (Wildman–Crippen MR) is 123 cm³/mol. The Morgan fingerprint density at radius 3 is 2.39 bits per heavy atom. The van der Waals surface area contributed by atoms with Crippen LogP contribution in [0.15, 0.2) is 18.2 Å². The van der Waals surface area contributed by atoms with E-state index < -0.39 is 12.1 Å². The van der Waals surface area contributed by atoms with Crippen LogP contribution in [0.4, 0.5) is 0 Å². The Morgan fingerprint density at radius 2 is 1.67 bits per heavy atom. The van der Waals surface area contributed by atoms with Crippen molar-refractivity contribution in [1.29, 1.82) is 0 Å². The van der Waals surface area contributed by atoms with Crippen molar-refractivity contribution in [3.63, 3.8) is 0 Å². The van der Waals surface area contributed by atoms with Crippen molar-refractivity contribution in [3.05, 3.63) is 34.9 Å². The second kappa shape index (κ2) is 9.65. The molecule has 7 heteroatoms. The van der Waals surface area contributed by atoms with Crippen LogP contribution in [-0.2, 0) is 9.53 Å². The first-order valence-electron chi connectivity index (χ1n) is 12.3. The van der Waals surface area contributed by atoms with E-state index in [0.29, 0.717) is 17.4 Å². The van der Waals surface area contributed by atoms with Gasteiger partial charge >= 0.3 is 5.97 Å². The second-order valence-corrected chi connectivity index (χ2v) is 9.96. The third kappa shape index (κ3) is 4.68. The number of ether oxygens (including phenoxy) is 1. The van der Waals surface area contributed by atoms with E-state index in [1.807, 2.05) is 0 Å². The standard InChI is InChI=1S/C26H34N2O5/c1-15-8-7-11-22(16(15)2)27-23(29)17(3)33-26(32)18-12-13-20-21(14-18)25(31)28(24(20)30)19-9-5-4-6-10-19/h12-17,19,22H,4-11H2,1-3H3,(H,27,29). The quantitative estimate of drug-likeness (QED) is 0.534. The lowest BCUT2D eigenvalue weighted by molar-refractivity contribution is -0.130. The normalized spacial score (nSPS) is 26.6. The third-order valence-corrected chi connectivity index (χ3v) is 7.78. The lowest BCUT2D eigenvalue weighted by Gasteiger charge is -2.35. The monoisotopic (exact) mass is 454 g/mol. The van der Waals surface area contributed by atoms with Crippen molar-refractivity contribution in [2.24, 2.45) is 11.8 Å². The smallest absolute Gasteiger partial charge is 0.338 e. The van der Waals surface area contributed by atoms with E-state index in [9.17, 15) is 19.2 Å². The Morgan fingerprint density at radius 1 is 0.970 bits per heavy atom. The summed E-state index contributed by atoms with van der Waals surface area (Å²) in [6.07, 6.45) is 7.00. The van der Waals surface area contributed by atoms with Crippen LogP contribution in [0.1, 0.15) is 103 Å². The molecule has 1 heterocycles. The minimum absolute atomic E-state index is 0.0739. The van der Waals surface area contributed by atoms with Gasteiger partial charge in [0.25, 0.3) is 17.7 Å². The second-order valence-electron chi connectivity index (χ2n) is 9.96. The van der Waals surface area contributed by atoms with E-state index in [2.05, 4.69) is 19.2 Å². The van der Waals surface area contributed by atoms with Crippen LogP contribution in [0, 0.1) is 11.8 Å². The number of nitrogens with zero attached hydrogens (tertiary/aromatic N) is 1. The molecule has 2 saturated carbocycles. The maximum atomic E-state index is 13.0. The first-order chi connectivity index (χ1) is 15.8. The number of esters is 1. The van der Waals surface area contributed by atoms with Gasteiger partial charge in [0.2, 0.25) is 0 Å². The molecule has 3 aliphatic rings. The van der Waals surface area contributed by atoms with Gasteiger partial charge in [0.15, 0.2) is 6.10 Å². The maximum Gasteiger partial charge on any atom is 0.338 e. The fourth-order valence-corrected chi connectivity index (χ4v) is 5.43. The summed E-state index contributed by atoms with van der Waals surface area (Å²) in [7, 11) is 0. The van der Waals surface area contributed by atoms with Gasteiger partial charge in [0.05, 0.1) is 16.7 Å². The summed E-state index contributed by atoms with van der Waals surface area (Å²) < 4.78 is 5.41. The molecule has 4 rings (SSSR count). The van der Waals surface area contributed by atoms with E-state index in [1.54, 1.807) is 6.92 Å². The molecule has 0 spiro atoms. The number of rotatable bonds is 5. The van der Waals surface area contributed by atoms with Gasteiger partial charge < -0.3 is 10.1 Å². The first kappa shape index (κ1) is 23.5. The van der Waals surface area contributed by atoms with E-state index in [-0.39, 0.29) is 40.9 Å². The molecule has 7 nitrogen and oxygen atoms in total. The number of imide groups is 1. The average Bonchev–Trinajstić information content (AvgIpc) is 3.06. The average molecular weight is 455 g/mol. The van der Waals surface area contributed by atoms with Gasteiger partial charge in [-0.2, -0.15) is 0 Å². The van der Waals surface area contributed by atoms with Crippen molar-refractivity contribution in [2.45, 2.75) is 90.3 Å². The van der Waals surface area contributed by atoms with Crippen LogP contribution in [0.2, 0.25) is 0 Å². The molecule has 4 atom stereocenters. The topological polar surface area (TPSA) is 92.8 Å². The highest BCUT2D eigenvalue weighted by Crippen LogP contribution is 2.32. The van der Waals surface area contributed by atoms with Gasteiger partial charge in [-0.1, -0.05) is 46.0 Å². The number of carbonyl (C=O) groups is 4. The molecule has 2 aliphatic carbocycles. The van der Waals surface area contributed by atoms with E-state index >= 15 is 0 Å². The summed E-state index contributed by atoms with van der Waals surface area (Å²) >= 11 is 0. The zero-order valence-electron chi connectivity index (χ0n) is 19.8. The SMILES string of the molecule is CC(OC(=O)c1ccc2c(c1)C(=O)N(C1CCCCC1)C2=O)C(=O)NC1CCCC(C)C1C. The van der Waals surface area contributed by atoms with Crippen LogP contribution >= 0.6 is 0 Å². The molecule has 0 radical (unpaired) electrons. The van der Waals surface area contributed by atoms with E-state index in [0.717, 1.165) is 51.4 Å². The van der Waals surface area contributed by atoms with Gasteiger partial charge in [0, 0.05) is 12.1 Å². The number of hydrogen-bond acceptors (Lipinski definition) is 5. The molecule has 178 valence electrons. The molecule has 0 bridgehead atoms. The van der Waals surface area contributed by atoms with E-state index in [1.165, 1.54) is 23.1 Å². The molecular formula is C26H34N2O5. The highest BCUT2D eigenvalue weighted by atomic mass is 16.5. The van der Waals surface area contributed by atoms with Gasteiger partial charge in [-0.15, -0.1) is 0 Å². The van der Waals surface area contributed by atoms with Gasteiger partial charge in [-0.05, 0) is 56.2 Å². The van der Waals surface area contributed by atoms with Crippen molar-refractivity contribution in [3.8, 4) is 0 Å². The van der Waals surface area contributed by atoms with Crippen LogP contribution in [-0.4, -0.2) is 46.8 Å². The Labute approximate surface area is 195 Å². The Kier molecular flexibility index (Phi) is 6.86. The lowest BCUT2D eigenvalue weighted by atomic mass is 9.78. The highest BCUT2D eigenvalue weighted by molar-refractivity contribution is 6.22. The van der Waals surface area contributed by atoms with Crippen molar-refractivity contribution >= 4 is 23.7 Å². The molecule has 1 aromatic carbocycles. The largest absolute Gasteiger partial charge is 0.449 e. The zero-order chi connectivity index (χ0) is 23.7. The Bertz CT molecular complexity index is 952. The van der Waals surface area contributed by atoms with Crippen molar-refractivity contribution in [1.82, 2.24) is 10.2 Å². The number of amides is 3. The van der Waals surface area contributed by atoms with E-state index in [4.69, 9.17) is 4.74 Å². The zero-order valence-corrected chi connectivity index (χ0v) is 19.8. The molecule has 0 aromatic heterocycles. The number of nitrogens with one attached hydrogen (secondary N) is 1. The maximum absolute atomic E-state index is 13.0. The van der Waals surface area contributed by atoms with Gasteiger partial charge in [0.1, 0.15) is 0 Å². The molecular weight excluding hydrogens is 420 g/mol. The summed E-state index contributed by atoms with van der Waals surface area (Å²) in [6, 6.07) is 4.44. The summed E-state index contributed by atoms with van der Waals surface area (Å²) in [4.78, 5) is 52.5.